The lowest BCUT2D eigenvalue weighted by Gasteiger charge is -2.36. The number of anilines is 1. The zero-order valence-electron chi connectivity index (χ0n) is 30.5. The van der Waals surface area contributed by atoms with Gasteiger partial charge in [0, 0.05) is 24.5 Å². The normalized spacial score (nSPS) is 11.3. The number of nitrogens with zero attached hydrogens (tertiary/aromatic N) is 7. The van der Waals surface area contributed by atoms with Crippen LogP contribution in [0.3, 0.4) is 0 Å². The third-order valence-corrected chi connectivity index (χ3v) is 10.0. The van der Waals surface area contributed by atoms with E-state index in [9.17, 15) is 4.79 Å². The molecule has 0 unspecified atom stereocenters. The van der Waals surface area contributed by atoms with Gasteiger partial charge in [0.05, 0.1) is 13.2 Å². The van der Waals surface area contributed by atoms with Crippen LogP contribution in [0, 0.1) is 0 Å². The van der Waals surface area contributed by atoms with Gasteiger partial charge >= 0.3 is 0 Å². The van der Waals surface area contributed by atoms with Gasteiger partial charge in [0.15, 0.2) is 5.82 Å². The summed E-state index contributed by atoms with van der Waals surface area (Å²) < 4.78 is 9.10. The number of rotatable bonds is 13. The van der Waals surface area contributed by atoms with E-state index in [1.807, 2.05) is 121 Å². The Morgan fingerprint density at radius 2 is 1.32 bits per heavy atom. The Morgan fingerprint density at radius 3 is 1.91 bits per heavy atom. The lowest BCUT2D eigenvalue weighted by atomic mass is 9.77. The van der Waals surface area contributed by atoms with Gasteiger partial charge < -0.3 is 10.1 Å². The van der Waals surface area contributed by atoms with E-state index in [2.05, 4.69) is 63.1 Å². The highest BCUT2D eigenvalue weighted by Crippen LogP contribution is 2.43. The Labute approximate surface area is 329 Å². The molecule has 8 rings (SSSR count). The van der Waals surface area contributed by atoms with E-state index in [-0.39, 0.29) is 17.4 Å². The molecule has 1 N–H and O–H groups in total. The minimum absolute atomic E-state index is 0.00759. The van der Waals surface area contributed by atoms with Crippen molar-refractivity contribution in [3.63, 3.8) is 0 Å². The Kier molecular flexibility index (Phi) is 10.5. The highest BCUT2D eigenvalue weighted by atomic mass is 35.5. The number of ether oxygens (including phenoxy) is 1. The van der Waals surface area contributed by atoms with E-state index in [0.717, 1.165) is 44.5 Å². The molecular formula is C45H37ClN8O2. The van der Waals surface area contributed by atoms with Crippen LogP contribution in [-0.4, -0.2) is 41.6 Å². The summed E-state index contributed by atoms with van der Waals surface area (Å²) in [4.78, 5) is 17.6. The maximum Gasteiger partial charge on any atom is 0.288 e. The number of aromatic nitrogens is 7. The summed E-state index contributed by atoms with van der Waals surface area (Å²) in [5, 5.41) is 21.5. The van der Waals surface area contributed by atoms with E-state index in [0.29, 0.717) is 24.7 Å². The van der Waals surface area contributed by atoms with Crippen LogP contribution < -0.4 is 15.6 Å². The molecule has 0 fully saturated rings. The summed E-state index contributed by atoms with van der Waals surface area (Å²) >= 11 is 6.66. The molecule has 10 nitrogen and oxygen atoms in total. The molecule has 0 bridgehead atoms. The Hall–Kier alpha value is -6.91. The van der Waals surface area contributed by atoms with Crippen LogP contribution in [0.15, 0.2) is 169 Å². The predicted molar refractivity (Wildman–Crippen MR) is 219 cm³/mol. The molecule has 5 aromatic carbocycles. The maximum absolute atomic E-state index is 13.5. The number of pyridine rings is 1. The lowest BCUT2D eigenvalue weighted by molar-refractivity contribution is 0.316. The van der Waals surface area contributed by atoms with Gasteiger partial charge in [0.25, 0.3) is 11.4 Å². The maximum atomic E-state index is 13.5. The quantitative estimate of drug-likeness (QED) is 0.117. The minimum atomic E-state index is -0.898. The number of halogens is 1. The molecule has 8 aromatic rings. The average molecular weight is 757 g/mol. The van der Waals surface area contributed by atoms with Gasteiger partial charge in [0.2, 0.25) is 0 Å². The fraction of sp³-hybridized carbons (Fsp3) is 0.111. The van der Waals surface area contributed by atoms with Crippen LogP contribution in [0.2, 0.25) is 5.02 Å². The van der Waals surface area contributed by atoms with Gasteiger partial charge in [-0.2, -0.15) is 0 Å². The average Bonchev–Trinajstić information content (AvgIpc) is 3.75. The van der Waals surface area contributed by atoms with Gasteiger partial charge in [-0.15, -0.1) is 10.2 Å². The van der Waals surface area contributed by atoms with Crippen molar-refractivity contribution in [1.82, 2.24) is 35.0 Å². The molecule has 276 valence electrons. The molecular weight excluding hydrogens is 720 g/mol. The largest absolute Gasteiger partial charge is 0.475 e. The molecule has 0 atom stereocenters. The fourth-order valence-electron chi connectivity index (χ4n) is 7.09. The van der Waals surface area contributed by atoms with Crippen LogP contribution in [0.5, 0.6) is 5.88 Å². The Balaban J connectivity index is 1.16. The van der Waals surface area contributed by atoms with Crippen molar-refractivity contribution in [3.8, 4) is 28.4 Å². The molecule has 0 amide bonds. The lowest BCUT2D eigenvalue weighted by Crippen LogP contribution is -2.39. The molecule has 56 heavy (non-hydrogen) atoms. The second-order valence-corrected chi connectivity index (χ2v) is 13.4. The van der Waals surface area contributed by atoms with Gasteiger partial charge in [-0.25, -0.2) is 9.36 Å². The van der Waals surface area contributed by atoms with Gasteiger partial charge in [0.1, 0.15) is 16.2 Å². The standard InChI is InChI=1S/C45H37ClN8O2/c1-2-56-43-41(48-30-33-15-14-28-47-29-33)40(46)44(55)53(50-43)31-32-24-26-34(27-25-32)38-22-12-13-23-39(38)42-49-51-52-54(42)45(35-16-6-3-7-17-35,36-18-8-4-9-19-36)37-20-10-5-11-21-37/h3-29,48H,2,30-31H2,1H3. The number of hydrogen-bond donors (Lipinski definition) is 1. The third kappa shape index (κ3) is 6.94. The summed E-state index contributed by atoms with van der Waals surface area (Å²) in [6.07, 6.45) is 3.45. The van der Waals surface area contributed by atoms with Crippen LogP contribution in [0.4, 0.5) is 5.69 Å². The number of benzene rings is 5. The van der Waals surface area contributed by atoms with E-state index in [1.165, 1.54) is 4.68 Å². The highest BCUT2D eigenvalue weighted by molar-refractivity contribution is 6.33. The molecule has 0 aliphatic carbocycles. The monoisotopic (exact) mass is 756 g/mol. The zero-order chi connectivity index (χ0) is 38.3. The van der Waals surface area contributed by atoms with Crippen molar-refractivity contribution in [1.29, 1.82) is 0 Å². The second kappa shape index (κ2) is 16.2. The fourth-order valence-corrected chi connectivity index (χ4v) is 7.33. The minimum Gasteiger partial charge on any atom is -0.475 e. The Morgan fingerprint density at radius 1 is 0.714 bits per heavy atom. The Bertz CT molecular complexity index is 2500. The van der Waals surface area contributed by atoms with Crippen LogP contribution in [0.25, 0.3) is 22.5 Å². The first-order chi connectivity index (χ1) is 27.6. The molecule has 0 spiro atoms. The predicted octanol–water partition coefficient (Wildman–Crippen LogP) is 8.51. The van der Waals surface area contributed by atoms with Crippen molar-refractivity contribution in [2.45, 2.75) is 25.6 Å². The summed E-state index contributed by atoms with van der Waals surface area (Å²) in [5.74, 6) is 0.856. The van der Waals surface area contributed by atoms with Crippen LogP contribution >= 0.6 is 11.6 Å². The van der Waals surface area contributed by atoms with Gasteiger partial charge in [-0.05, 0) is 62.4 Å². The van der Waals surface area contributed by atoms with Crippen molar-refractivity contribution in [3.05, 3.63) is 207 Å². The second-order valence-electron chi connectivity index (χ2n) is 13.1. The topological polar surface area (TPSA) is 113 Å². The van der Waals surface area contributed by atoms with Crippen molar-refractivity contribution >= 4 is 17.3 Å². The molecule has 0 saturated carbocycles. The smallest absolute Gasteiger partial charge is 0.288 e. The first-order valence-corrected chi connectivity index (χ1v) is 18.7. The molecule has 11 heteroatoms. The summed E-state index contributed by atoms with van der Waals surface area (Å²) in [6.45, 7) is 2.80. The molecule has 0 aliphatic rings. The summed E-state index contributed by atoms with van der Waals surface area (Å²) in [6, 6.07) is 50.9. The molecule has 0 aliphatic heterocycles. The van der Waals surface area contributed by atoms with Crippen molar-refractivity contribution < 1.29 is 4.74 Å². The van der Waals surface area contributed by atoms with E-state index in [4.69, 9.17) is 26.6 Å². The number of tetrazole rings is 1. The first kappa shape index (κ1) is 36.1. The van der Waals surface area contributed by atoms with E-state index < -0.39 is 11.1 Å². The first-order valence-electron chi connectivity index (χ1n) is 18.3. The molecule has 3 heterocycles. The summed E-state index contributed by atoms with van der Waals surface area (Å²) in [7, 11) is 0. The SMILES string of the molecule is CCOc1nn(Cc2ccc(-c3ccccc3-c3nnnn3C(c3ccccc3)(c3ccccc3)c3ccccc3)cc2)c(=O)c(Cl)c1NCc1cccnc1. The molecule has 0 saturated heterocycles. The van der Waals surface area contributed by atoms with E-state index in [1.54, 1.807) is 12.4 Å². The summed E-state index contributed by atoms with van der Waals surface area (Å²) in [5.41, 5.74) is 6.61. The highest BCUT2D eigenvalue weighted by Gasteiger charge is 2.42. The van der Waals surface area contributed by atoms with Gasteiger partial charge in [-0.1, -0.05) is 157 Å². The van der Waals surface area contributed by atoms with Crippen LogP contribution in [-0.2, 0) is 18.6 Å². The third-order valence-electron chi connectivity index (χ3n) is 9.67. The molecule has 3 aromatic heterocycles. The van der Waals surface area contributed by atoms with Crippen molar-refractivity contribution in [2.75, 3.05) is 11.9 Å². The molecule has 0 radical (unpaired) electrons. The van der Waals surface area contributed by atoms with Crippen molar-refractivity contribution in [2.24, 2.45) is 0 Å². The van der Waals surface area contributed by atoms with Crippen LogP contribution in [0.1, 0.15) is 34.7 Å². The zero-order valence-corrected chi connectivity index (χ0v) is 31.3. The van der Waals surface area contributed by atoms with E-state index >= 15 is 0 Å². The number of nitrogens with one attached hydrogen (secondary N) is 1. The van der Waals surface area contributed by atoms with Gasteiger partial charge in [-0.3, -0.25) is 9.78 Å². The number of hydrogen-bond acceptors (Lipinski definition) is 8.